The van der Waals surface area contributed by atoms with Crippen LogP contribution >= 0.6 is 11.6 Å². The van der Waals surface area contributed by atoms with Crippen LogP contribution in [-0.2, 0) is 12.3 Å². The van der Waals surface area contributed by atoms with Crippen LogP contribution in [0.3, 0.4) is 0 Å². The molecule has 2 heterocycles. The summed E-state index contributed by atoms with van der Waals surface area (Å²) in [4.78, 5) is 11.9. The van der Waals surface area contributed by atoms with Gasteiger partial charge < -0.3 is 9.47 Å². The number of rotatable bonds is 15. The van der Waals surface area contributed by atoms with Crippen molar-refractivity contribution in [3.05, 3.63) is 41.4 Å². The largest absolute Gasteiger partial charge is 0.489 e. The standard InChI is InChI=1S/C27H37ClF3N3O2/c1-3-5-7-8-9-10-14-35-23-15-19-12-13-22(27(30,31)24(19)25(29)34-23)26-32-16-21(17-33-26)36-18-20(28)11-6-4-2/h15-17,20,22H,3-14,18H2,1-2H3. The Morgan fingerprint density at radius 2 is 1.72 bits per heavy atom. The van der Waals surface area contributed by atoms with E-state index in [4.69, 9.17) is 21.1 Å². The molecule has 0 aliphatic heterocycles. The van der Waals surface area contributed by atoms with Gasteiger partial charge in [0.15, 0.2) is 5.75 Å². The van der Waals surface area contributed by atoms with E-state index in [9.17, 15) is 4.39 Å². The first-order valence-corrected chi connectivity index (χ1v) is 13.6. The number of hydrogen-bond donors (Lipinski definition) is 0. The second-order valence-electron chi connectivity index (χ2n) is 9.44. The first-order chi connectivity index (χ1) is 17.4. The van der Waals surface area contributed by atoms with Crippen LogP contribution in [0, 0.1) is 5.95 Å². The summed E-state index contributed by atoms with van der Waals surface area (Å²) in [5, 5.41) is -0.140. The maximum absolute atomic E-state index is 15.4. The van der Waals surface area contributed by atoms with Gasteiger partial charge in [-0.25, -0.2) is 18.7 Å². The van der Waals surface area contributed by atoms with Crippen LogP contribution in [0.25, 0.3) is 0 Å². The second kappa shape index (κ2) is 14.0. The number of nitrogens with zero attached hydrogens (tertiary/aromatic N) is 3. The minimum atomic E-state index is -3.49. The second-order valence-corrected chi connectivity index (χ2v) is 10.1. The molecule has 0 N–H and O–H groups in total. The first kappa shape index (κ1) is 28.5. The highest BCUT2D eigenvalue weighted by atomic mass is 35.5. The number of fused-ring (bicyclic) bond motifs is 1. The predicted molar refractivity (Wildman–Crippen MR) is 135 cm³/mol. The van der Waals surface area contributed by atoms with E-state index in [-0.39, 0.29) is 42.1 Å². The van der Waals surface area contributed by atoms with E-state index in [1.165, 1.54) is 37.7 Å². The van der Waals surface area contributed by atoms with Crippen molar-refractivity contribution in [2.24, 2.45) is 0 Å². The van der Waals surface area contributed by atoms with E-state index in [2.05, 4.69) is 28.8 Å². The highest BCUT2D eigenvalue weighted by Crippen LogP contribution is 2.49. The van der Waals surface area contributed by atoms with Crippen molar-refractivity contribution in [1.29, 1.82) is 0 Å². The molecule has 0 bridgehead atoms. The van der Waals surface area contributed by atoms with E-state index < -0.39 is 23.4 Å². The minimum Gasteiger partial charge on any atom is -0.489 e. The van der Waals surface area contributed by atoms with Crippen molar-refractivity contribution in [3.8, 4) is 11.6 Å². The van der Waals surface area contributed by atoms with Gasteiger partial charge in [-0.2, -0.15) is 9.37 Å². The molecular weight excluding hydrogens is 491 g/mol. The minimum absolute atomic E-state index is 0.0470. The van der Waals surface area contributed by atoms with Gasteiger partial charge in [-0.05, 0) is 31.2 Å². The number of pyridine rings is 1. The molecule has 36 heavy (non-hydrogen) atoms. The number of alkyl halides is 3. The monoisotopic (exact) mass is 527 g/mol. The molecule has 2 aromatic rings. The van der Waals surface area contributed by atoms with Gasteiger partial charge in [0.05, 0.1) is 35.9 Å². The molecule has 200 valence electrons. The Labute approximate surface area is 217 Å². The summed E-state index contributed by atoms with van der Waals surface area (Å²) in [6.45, 7) is 4.93. The van der Waals surface area contributed by atoms with Crippen LogP contribution in [-0.4, -0.2) is 33.5 Å². The molecule has 0 saturated heterocycles. The van der Waals surface area contributed by atoms with Crippen LogP contribution < -0.4 is 9.47 Å². The van der Waals surface area contributed by atoms with Crippen LogP contribution in [0.4, 0.5) is 13.2 Å². The number of aryl methyl sites for hydroxylation is 1. The number of hydrogen-bond acceptors (Lipinski definition) is 5. The quantitative estimate of drug-likeness (QED) is 0.135. The third-order valence-corrected chi connectivity index (χ3v) is 6.86. The fraction of sp³-hybridized carbons (Fsp3) is 0.667. The summed E-state index contributed by atoms with van der Waals surface area (Å²) in [6.07, 6.45) is 12.5. The average Bonchev–Trinajstić information content (AvgIpc) is 2.85. The molecule has 0 radical (unpaired) electrons. The molecule has 3 rings (SSSR count). The number of ether oxygens (including phenoxy) is 2. The van der Waals surface area contributed by atoms with Gasteiger partial charge >= 0.3 is 0 Å². The molecule has 0 fully saturated rings. The molecule has 5 nitrogen and oxygen atoms in total. The maximum Gasteiger partial charge on any atom is 0.287 e. The summed E-state index contributed by atoms with van der Waals surface area (Å²) < 4.78 is 56.8. The molecule has 0 amide bonds. The van der Waals surface area contributed by atoms with E-state index in [1.54, 1.807) is 0 Å². The molecule has 0 saturated carbocycles. The van der Waals surface area contributed by atoms with Crippen molar-refractivity contribution in [2.45, 2.75) is 102 Å². The molecular formula is C27H37ClF3N3O2. The maximum atomic E-state index is 15.4. The van der Waals surface area contributed by atoms with E-state index >= 15 is 8.78 Å². The summed E-state index contributed by atoms with van der Waals surface area (Å²) in [5.41, 5.74) is -0.461. The van der Waals surface area contributed by atoms with Crippen LogP contribution in [0.2, 0.25) is 0 Å². The van der Waals surface area contributed by atoms with Crippen molar-refractivity contribution < 1.29 is 22.6 Å². The zero-order valence-corrected chi connectivity index (χ0v) is 22.0. The van der Waals surface area contributed by atoms with E-state index in [1.807, 2.05) is 0 Å². The molecule has 2 aromatic heterocycles. The van der Waals surface area contributed by atoms with Gasteiger partial charge in [0.2, 0.25) is 11.8 Å². The Kier molecular flexibility index (Phi) is 11.1. The molecule has 1 aliphatic rings. The molecule has 9 heteroatoms. The van der Waals surface area contributed by atoms with Gasteiger partial charge in [0.25, 0.3) is 5.92 Å². The van der Waals surface area contributed by atoms with Gasteiger partial charge in [-0.1, -0.05) is 58.8 Å². The van der Waals surface area contributed by atoms with Crippen LogP contribution in [0.15, 0.2) is 18.5 Å². The normalized spacial score (nSPS) is 17.4. The SMILES string of the molecule is CCCCCCCCOc1cc2c(c(F)n1)C(F)(F)C(c1ncc(OCC(Cl)CCCC)cn1)CC2. The van der Waals surface area contributed by atoms with Crippen molar-refractivity contribution in [1.82, 2.24) is 15.0 Å². The zero-order chi connectivity index (χ0) is 26.0. The van der Waals surface area contributed by atoms with Crippen LogP contribution in [0.5, 0.6) is 11.6 Å². The first-order valence-electron chi connectivity index (χ1n) is 13.2. The summed E-state index contributed by atoms with van der Waals surface area (Å²) in [5.74, 6) is -5.67. The fourth-order valence-electron chi connectivity index (χ4n) is 4.44. The summed E-state index contributed by atoms with van der Waals surface area (Å²) in [6, 6.07) is 1.44. The Hall–Kier alpha value is -2.09. The van der Waals surface area contributed by atoms with Crippen molar-refractivity contribution in [3.63, 3.8) is 0 Å². The molecule has 1 aliphatic carbocycles. The molecule has 0 aromatic carbocycles. The Morgan fingerprint density at radius 3 is 2.44 bits per heavy atom. The van der Waals surface area contributed by atoms with E-state index in [0.29, 0.717) is 12.4 Å². The third kappa shape index (κ3) is 7.70. The Balaban J connectivity index is 1.61. The number of halogens is 4. The average molecular weight is 528 g/mol. The van der Waals surface area contributed by atoms with Gasteiger partial charge in [-0.15, -0.1) is 11.6 Å². The van der Waals surface area contributed by atoms with Gasteiger partial charge in [0, 0.05) is 6.07 Å². The van der Waals surface area contributed by atoms with Crippen molar-refractivity contribution in [2.75, 3.05) is 13.2 Å². The molecule has 0 spiro atoms. The zero-order valence-electron chi connectivity index (χ0n) is 21.2. The van der Waals surface area contributed by atoms with Gasteiger partial charge in [0.1, 0.15) is 12.4 Å². The molecule has 2 unspecified atom stereocenters. The predicted octanol–water partition coefficient (Wildman–Crippen LogP) is 7.75. The van der Waals surface area contributed by atoms with Gasteiger partial charge in [-0.3, -0.25) is 0 Å². The highest BCUT2D eigenvalue weighted by molar-refractivity contribution is 6.20. The lowest BCUT2D eigenvalue weighted by Gasteiger charge is -2.32. The fourth-order valence-corrected chi connectivity index (χ4v) is 4.66. The Morgan fingerprint density at radius 1 is 1.03 bits per heavy atom. The van der Waals surface area contributed by atoms with E-state index in [0.717, 1.165) is 38.5 Å². The Bertz CT molecular complexity index is 947. The number of unbranched alkanes of at least 4 members (excludes halogenated alkanes) is 6. The summed E-state index contributed by atoms with van der Waals surface area (Å²) in [7, 11) is 0. The van der Waals surface area contributed by atoms with Crippen LogP contribution in [0.1, 0.15) is 101 Å². The summed E-state index contributed by atoms with van der Waals surface area (Å²) >= 11 is 6.22. The highest BCUT2D eigenvalue weighted by Gasteiger charge is 2.50. The molecule has 2 atom stereocenters. The lowest BCUT2D eigenvalue weighted by molar-refractivity contribution is -0.0501. The number of aromatic nitrogens is 3. The third-order valence-electron chi connectivity index (χ3n) is 6.52. The smallest absolute Gasteiger partial charge is 0.287 e. The lowest BCUT2D eigenvalue weighted by Crippen LogP contribution is -2.33. The lowest BCUT2D eigenvalue weighted by atomic mass is 9.80. The topological polar surface area (TPSA) is 57.1 Å². The van der Waals surface area contributed by atoms with Crippen molar-refractivity contribution >= 4 is 11.6 Å².